The second-order valence-electron chi connectivity index (χ2n) is 5.47. The van der Waals surface area contributed by atoms with Gasteiger partial charge in [0.05, 0.1) is 17.2 Å². The number of hydrogen-bond acceptors (Lipinski definition) is 4. The van der Waals surface area contributed by atoms with E-state index in [0.29, 0.717) is 6.54 Å². The molecule has 2 N–H and O–H groups in total. The molecule has 1 aromatic carbocycles. The minimum atomic E-state index is 0. The van der Waals surface area contributed by atoms with Crippen molar-refractivity contribution in [1.29, 1.82) is 0 Å². The van der Waals surface area contributed by atoms with E-state index in [1.807, 2.05) is 0 Å². The number of thiazole rings is 1. The quantitative estimate of drug-likeness (QED) is 0.262. The molecule has 0 saturated carbocycles. The normalized spacial score (nSPS) is 11.1. The highest BCUT2D eigenvalue weighted by Gasteiger charge is 2.04. The first-order valence-corrected chi connectivity index (χ1v) is 10.2. The van der Waals surface area contributed by atoms with Crippen molar-refractivity contribution in [3.8, 4) is 0 Å². The fourth-order valence-corrected chi connectivity index (χ4v) is 3.52. The second kappa shape index (κ2) is 11.7. The number of nitrogens with one attached hydrogen (secondary N) is 2. The summed E-state index contributed by atoms with van der Waals surface area (Å²) in [4.78, 5) is 11.8. The fourth-order valence-electron chi connectivity index (χ4n) is 2.18. The molecule has 0 saturated heterocycles. The first kappa shape index (κ1) is 22.2. The largest absolute Gasteiger partial charge is 0.357 e. The number of nitrogens with zero attached hydrogens (tertiary/aromatic N) is 2. The van der Waals surface area contributed by atoms with Gasteiger partial charge in [-0.2, -0.15) is 0 Å². The molecule has 1 aromatic heterocycles. The number of benzene rings is 1. The van der Waals surface area contributed by atoms with Gasteiger partial charge in [0.25, 0.3) is 0 Å². The van der Waals surface area contributed by atoms with Gasteiger partial charge in [0, 0.05) is 29.3 Å². The maximum absolute atomic E-state index is 4.66. The monoisotopic (exact) mass is 490 g/mol. The van der Waals surface area contributed by atoms with E-state index in [4.69, 9.17) is 0 Å². The van der Waals surface area contributed by atoms with Crippen LogP contribution >= 0.6 is 47.1 Å². The second-order valence-corrected chi connectivity index (χ2v) is 7.64. The van der Waals surface area contributed by atoms with Gasteiger partial charge in [-0.3, -0.25) is 0 Å². The number of thioether (sulfide) groups is 1. The van der Waals surface area contributed by atoms with Crippen LogP contribution in [0.2, 0.25) is 0 Å². The Balaban J connectivity index is 0.00000312. The van der Waals surface area contributed by atoms with Gasteiger partial charge < -0.3 is 10.6 Å². The zero-order chi connectivity index (χ0) is 17.4. The summed E-state index contributed by atoms with van der Waals surface area (Å²) in [6.45, 7) is 8.64. The Hall–Kier alpha value is -0.800. The van der Waals surface area contributed by atoms with Gasteiger partial charge >= 0.3 is 0 Å². The smallest absolute Gasteiger partial charge is 0.191 e. The van der Waals surface area contributed by atoms with Crippen molar-refractivity contribution in [1.82, 2.24) is 15.6 Å². The van der Waals surface area contributed by atoms with Gasteiger partial charge in [-0.15, -0.1) is 47.1 Å². The third-order valence-corrected chi connectivity index (χ3v) is 5.50. The molecule has 0 atom stereocenters. The first-order valence-electron chi connectivity index (χ1n) is 8.20. The molecule has 0 spiro atoms. The summed E-state index contributed by atoms with van der Waals surface area (Å²) in [5, 5.41) is 7.87. The van der Waals surface area contributed by atoms with Crippen molar-refractivity contribution in [2.24, 2.45) is 4.99 Å². The molecule has 25 heavy (non-hydrogen) atoms. The molecule has 0 aliphatic rings. The summed E-state index contributed by atoms with van der Waals surface area (Å²) in [5.41, 5.74) is 2.36. The molecule has 0 unspecified atom stereocenters. The summed E-state index contributed by atoms with van der Waals surface area (Å²) in [6, 6.07) is 8.56. The summed E-state index contributed by atoms with van der Waals surface area (Å²) in [7, 11) is 0. The average Bonchev–Trinajstić information content (AvgIpc) is 2.91. The van der Waals surface area contributed by atoms with Gasteiger partial charge in [0.2, 0.25) is 0 Å². The summed E-state index contributed by atoms with van der Waals surface area (Å²) in [6.07, 6.45) is 3.01. The van der Waals surface area contributed by atoms with Crippen LogP contribution in [0.4, 0.5) is 0 Å². The molecule has 0 fully saturated rings. The van der Waals surface area contributed by atoms with Crippen LogP contribution < -0.4 is 10.6 Å². The Morgan fingerprint density at radius 1 is 1.20 bits per heavy atom. The Kier molecular flexibility index (Phi) is 10.4. The van der Waals surface area contributed by atoms with Crippen molar-refractivity contribution in [2.75, 3.05) is 19.3 Å². The van der Waals surface area contributed by atoms with Crippen LogP contribution in [0, 0.1) is 13.8 Å². The number of halogens is 1. The van der Waals surface area contributed by atoms with Crippen LogP contribution in [0.5, 0.6) is 0 Å². The molecule has 0 amide bonds. The maximum atomic E-state index is 4.66. The zero-order valence-electron chi connectivity index (χ0n) is 15.3. The third-order valence-electron chi connectivity index (χ3n) is 3.63. The van der Waals surface area contributed by atoms with Gasteiger partial charge in [0.15, 0.2) is 5.96 Å². The van der Waals surface area contributed by atoms with E-state index < -0.39 is 0 Å². The fraction of sp³-hybridized carbons (Fsp3) is 0.444. The van der Waals surface area contributed by atoms with E-state index in [-0.39, 0.29) is 24.0 Å². The summed E-state index contributed by atoms with van der Waals surface area (Å²) < 4.78 is 0. The molecule has 1 heterocycles. The minimum absolute atomic E-state index is 0. The van der Waals surface area contributed by atoms with E-state index in [9.17, 15) is 0 Å². The molecule has 0 aliphatic carbocycles. The average molecular weight is 490 g/mol. The molecule has 0 radical (unpaired) electrons. The highest BCUT2D eigenvalue weighted by Crippen LogP contribution is 2.16. The molecule has 4 nitrogen and oxygen atoms in total. The van der Waals surface area contributed by atoms with Crippen LogP contribution in [-0.2, 0) is 13.0 Å². The lowest BCUT2D eigenvalue weighted by Gasteiger charge is -2.10. The van der Waals surface area contributed by atoms with Crippen LogP contribution in [0.15, 0.2) is 34.2 Å². The highest BCUT2D eigenvalue weighted by molar-refractivity contribution is 14.0. The Morgan fingerprint density at radius 2 is 1.92 bits per heavy atom. The van der Waals surface area contributed by atoms with E-state index in [2.05, 4.69) is 71.9 Å². The predicted molar refractivity (Wildman–Crippen MR) is 122 cm³/mol. The molecule has 0 bridgehead atoms. The van der Waals surface area contributed by atoms with E-state index >= 15 is 0 Å². The lowest BCUT2D eigenvalue weighted by molar-refractivity contribution is 0.795. The molecule has 138 valence electrons. The third kappa shape index (κ3) is 7.53. The SMILES string of the molecule is CCNC(=NCc1ccc(SC)cc1)NCCc1nc(C)c(C)s1.I. The van der Waals surface area contributed by atoms with Crippen LogP contribution in [0.3, 0.4) is 0 Å². The van der Waals surface area contributed by atoms with Gasteiger partial charge in [0.1, 0.15) is 0 Å². The van der Waals surface area contributed by atoms with E-state index in [1.54, 1.807) is 23.1 Å². The standard InChI is InChI=1S/C18H26N4S2.HI/c1-5-19-18(20-11-10-17-22-13(2)14(3)24-17)21-12-15-6-8-16(23-4)9-7-15;/h6-9H,5,10-12H2,1-4H3,(H2,19,20,21);1H. The summed E-state index contributed by atoms with van der Waals surface area (Å²) in [5.74, 6) is 0.858. The molecule has 0 aliphatic heterocycles. The Labute approximate surface area is 176 Å². The summed E-state index contributed by atoms with van der Waals surface area (Å²) >= 11 is 3.54. The topological polar surface area (TPSA) is 49.3 Å². The number of guanidine groups is 1. The van der Waals surface area contributed by atoms with Crippen molar-refractivity contribution in [2.45, 2.75) is 38.6 Å². The molecule has 7 heteroatoms. The predicted octanol–water partition coefficient (Wildman–Crippen LogP) is 4.40. The van der Waals surface area contributed by atoms with Gasteiger partial charge in [-0.25, -0.2) is 9.98 Å². The number of aryl methyl sites for hydroxylation is 2. The first-order chi connectivity index (χ1) is 11.6. The lowest BCUT2D eigenvalue weighted by atomic mass is 10.2. The van der Waals surface area contributed by atoms with Gasteiger partial charge in [-0.1, -0.05) is 12.1 Å². The number of hydrogen-bond donors (Lipinski definition) is 2. The number of aromatic nitrogens is 1. The minimum Gasteiger partial charge on any atom is -0.357 e. The highest BCUT2D eigenvalue weighted by atomic mass is 127. The number of rotatable bonds is 7. The van der Waals surface area contributed by atoms with Crippen molar-refractivity contribution < 1.29 is 0 Å². The maximum Gasteiger partial charge on any atom is 0.191 e. The van der Waals surface area contributed by atoms with Crippen molar-refractivity contribution in [3.63, 3.8) is 0 Å². The van der Waals surface area contributed by atoms with E-state index in [1.165, 1.54) is 20.3 Å². The molecular formula is C18H27IN4S2. The molecule has 2 aromatic rings. The van der Waals surface area contributed by atoms with Crippen LogP contribution in [0.1, 0.15) is 28.1 Å². The van der Waals surface area contributed by atoms with E-state index in [0.717, 1.165) is 31.2 Å². The Bertz CT molecular complexity index is 649. The zero-order valence-corrected chi connectivity index (χ0v) is 19.2. The molecule has 2 rings (SSSR count). The van der Waals surface area contributed by atoms with Crippen molar-refractivity contribution in [3.05, 3.63) is 45.4 Å². The number of aliphatic imine (C=N–C) groups is 1. The molecular weight excluding hydrogens is 463 g/mol. The Morgan fingerprint density at radius 3 is 2.48 bits per heavy atom. The van der Waals surface area contributed by atoms with Crippen molar-refractivity contribution >= 4 is 53.0 Å². The van der Waals surface area contributed by atoms with Crippen LogP contribution in [-0.4, -0.2) is 30.3 Å². The lowest BCUT2D eigenvalue weighted by Crippen LogP contribution is -2.38. The van der Waals surface area contributed by atoms with Gasteiger partial charge in [-0.05, 0) is 44.7 Å². The van der Waals surface area contributed by atoms with Crippen LogP contribution in [0.25, 0.3) is 0 Å².